The van der Waals surface area contributed by atoms with Crippen molar-refractivity contribution in [1.82, 2.24) is 9.78 Å². The number of nitrogens with zero attached hydrogens (tertiary/aromatic N) is 2. The Balaban J connectivity index is 2.27. The minimum Gasteiger partial charge on any atom is -0.241 e. The monoisotopic (exact) mass is 250 g/mol. The molecule has 1 aromatic heterocycles. The van der Waals surface area contributed by atoms with Gasteiger partial charge >= 0.3 is 0 Å². The van der Waals surface area contributed by atoms with Crippen LogP contribution in [0.5, 0.6) is 0 Å². The zero-order valence-corrected chi connectivity index (χ0v) is 10.8. The van der Waals surface area contributed by atoms with Crippen molar-refractivity contribution >= 4 is 24.4 Å². The second kappa shape index (κ2) is 5.46. The topological polar surface area (TPSA) is 17.8 Å². The molecule has 0 aliphatic rings. The molecule has 0 atom stereocenters. The van der Waals surface area contributed by atoms with Crippen molar-refractivity contribution in [2.24, 2.45) is 0 Å². The normalized spacial score (nSPS) is 10.6. The van der Waals surface area contributed by atoms with E-state index in [9.17, 15) is 0 Å². The van der Waals surface area contributed by atoms with Crippen LogP contribution in [0.1, 0.15) is 11.1 Å². The highest BCUT2D eigenvalue weighted by Crippen LogP contribution is 2.14. The third kappa shape index (κ3) is 2.62. The fourth-order valence-corrected chi connectivity index (χ4v) is 2.22. The molecule has 0 aliphatic carbocycles. The van der Waals surface area contributed by atoms with Gasteiger partial charge in [-0.25, -0.2) is 4.68 Å². The van der Waals surface area contributed by atoms with E-state index >= 15 is 0 Å². The fraction of sp³-hybridized carbons (Fsp3) is 0.250. The second-order valence-electron chi connectivity index (χ2n) is 3.55. The Bertz CT molecular complexity index is 466. The lowest BCUT2D eigenvalue weighted by Gasteiger charge is -2.02. The summed E-state index contributed by atoms with van der Waals surface area (Å²) < 4.78 is 1.92. The lowest BCUT2D eigenvalue weighted by Crippen LogP contribution is -1.94. The molecule has 4 heteroatoms. The highest BCUT2D eigenvalue weighted by molar-refractivity contribution is 7.97. The Labute approximate surface area is 105 Å². The Morgan fingerprint density at radius 1 is 1.38 bits per heavy atom. The minimum absolute atomic E-state index is 0.757. The van der Waals surface area contributed by atoms with Crippen molar-refractivity contribution in [3.8, 4) is 5.69 Å². The summed E-state index contributed by atoms with van der Waals surface area (Å²) in [5, 5.41) is 4.36. The van der Waals surface area contributed by atoms with E-state index in [2.05, 4.69) is 48.4 Å². The summed E-state index contributed by atoms with van der Waals surface area (Å²) in [5.41, 5.74) is 3.56. The third-order valence-electron chi connectivity index (χ3n) is 2.30. The molecule has 1 heterocycles. The van der Waals surface area contributed by atoms with Gasteiger partial charge in [0.2, 0.25) is 0 Å². The van der Waals surface area contributed by atoms with E-state index in [4.69, 9.17) is 0 Å². The van der Waals surface area contributed by atoms with Crippen LogP contribution in [-0.2, 0) is 11.5 Å². The van der Waals surface area contributed by atoms with Gasteiger partial charge in [-0.15, -0.1) is 0 Å². The van der Waals surface area contributed by atoms with E-state index in [1.807, 2.05) is 16.9 Å². The molecule has 0 saturated heterocycles. The molecule has 0 bridgehead atoms. The number of benzene rings is 1. The van der Waals surface area contributed by atoms with Gasteiger partial charge < -0.3 is 0 Å². The zero-order chi connectivity index (χ0) is 11.4. The van der Waals surface area contributed by atoms with Crippen LogP contribution in [0, 0.1) is 0 Å². The summed E-state index contributed by atoms with van der Waals surface area (Å²) in [6.07, 6.45) is 6.09. The summed E-state index contributed by atoms with van der Waals surface area (Å²) in [6.45, 7) is 0. The van der Waals surface area contributed by atoms with Crippen LogP contribution in [-0.4, -0.2) is 16.0 Å². The van der Waals surface area contributed by atoms with E-state index in [1.165, 1.54) is 11.1 Å². The van der Waals surface area contributed by atoms with Gasteiger partial charge in [0.25, 0.3) is 0 Å². The van der Waals surface area contributed by atoms with E-state index in [0.717, 1.165) is 17.2 Å². The molecule has 0 aliphatic heterocycles. The van der Waals surface area contributed by atoms with Crippen LogP contribution in [0.25, 0.3) is 5.69 Å². The molecule has 0 fully saturated rings. The van der Waals surface area contributed by atoms with Gasteiger partial charge in [0.05, 0.1) is 11.9 Å². The third-order valence-corrected chi connectivity index (χ3v) is 3.29. The first-order valence-corrected chi connectivity index (χ1v) is 7.09. The lowest BCUT2D eigenvalue weighted by molar-refractivity contribution is 0.878. The van der Waals surface area contributed by atoms with Crippen LogP contribution in [0.4, 0.5) is 0 Å². The van der Waals surface area contributed by atoms with Gasteiger partial charge in [-0.3, -0.25) is 0 Å². The van der Waals surface area contributed by atoms with Crippen LogP contribution >= 0.6 is 24.4 Å². The average molecular weight is 250 g/mol. The van der Waals surface area contributed by atoms with Gasteiger partial charge in [0.15, 0.2) is 0 Å². The molecule has 2 aromatic rings. The molecule has 16 heavy (non-hydrogen) atoms. The smallest absolute Gasteiger partial charge is 0.0648 e. The maximum absolute atomic E-state index is 4.36. The van der Waals surface area contributed by atoms with E-state index in [-0.39, 0.29) is 0 Å². The van der Waals surface area contributed by atoms with Crippen molar-refractivity contribution < 1.29 is 0 Å². The lowest BCUT2D eigenvalue weighted by atomic mass is 10.2. The Morgan fingerprint density at radius 3 is 3.00 bits per heavy atom. The van der Waals surface area contributed by atoms with Crippen LogP contribution < -0.4 is 0 Å². The summed E-state index contributed by atoms with van der Waals surface area (Å²) >= 11 is 6.08. The number of rotatable bonds is 4. The van der Waals surface area contributed by atoms with Crippen molar-refractivity contribution in [2.45, 2.75) is 11.5 Å². The SMILES string of the molecule is CSCc1cnn(-c2cccc(CS)c2)c1. The first-order chi connectivity index (χ1) is 7.83. The number of hydrogen-bond donors (Lipinski definition) is 1. The molecule has 0 radical (unpaired) electrons. The number of hydrogen-bond acceptors (Lipinski definition) is 3. The van der Waals surface area contributed by atoms with Gasteiger partial charge in [-0.05, 0) is 24.0 Å². The largest absolute Gasteiger partial charge is 0.241 e. The van der Waals surface area contributed by atoms with Gasteiger partial charge in [-0.2, -0.15) is 29.5 Å². The molecule has 0 unspecified atom stereocenters. The first kappa shape index (κ1) is 11.6. The molecule has 0 saturated carbocycles. The van der Waals surface area contributed by atoms with Gasteiger partial charge in [-0.1, -0.05) is 12.1 Å². The molecular formula is C12H14N2S2. The second-order valence-corrected chi connectivity index (χ2v) is 4.74. The highest BCUT2D eigenvalue weighted by Gasteiger charge is 2.01. The Hall–Kier alpha value is -0.870. The molecule has 1 aromatic carbocycles. The van der Waals surface area contributed by atoms with Crippen LogP contribution in [0.15, 0.2) is 36.7 Å². The van der Waals surface area contributed by atoms with Crippen molar-refractivity contribution in [1.29, 1.82) is 0 Å². The Kier molecular flexibility index (Phi) is 3.96. The van der Waals surface area contributed by atoms with E-state index < -0.39 is 0 Å². The van der Waals surface area contributed by atoms with Crippen molar-refractivity contribution in [2.75, 3.05) is 6.26 Å². The van der Waals surface area contributed by atoms with E-state index in [1.54, 1.807) is 11.8 Å². The summed E-state index contributed by atoms with van der Waals surface area (Å²) in [4.78, 5) is 0. The predicted molar refractivity (Wildman–Crippen MR) is 73.5 cm³/mol. The van der Waals surface area contributed by atoms with Crippen LogP contribution in [0.3, 0.4) is 0 Å². The van der Waals surface area contributed by atoms with Crippen molar-refractivity contribution in [3.63, 3.8) is 0 Å². The quantitative estimate of drug-likeness (QED) is 0.840. The standard InChI is InChI=1S/C12H14N2S2/c1-16-9-11-6-13-14(7-11)12-4-2-3-10(5-12)8-15/h2-7,15H,8-9H2,1H3. The number of thiol groups is 1. The maximum atomic E-state index is 4.36. The number of aromatic nitrogens is 2. The summed E-state index contributed by atoms with van der Waals surface area (Å²) in [5.74, 6) is 1.76. The molecular weight excluding hydrogens is 236 g/mol. The average Bonchev–Trinajstić information content (AvgIpc) is 2.78. The van der Waals surface area contributed by atoms with Crippen molar-refractivity contribution in [3.05, 3.63) is 47.8 Å². The summed E-state index contributed by atoms with van der Waals surface area (Å²) in [7, 11) is 0. The molecule has 0 amide bonds. The van der Waals surface area contributed by atoms with Gasteiger partial charge in [0.1, 0.15) is 0 Å². The molecule has 2 rings (SSSR count). The highest BCUT2D eigenvalue weighted by atomic mass is 32.2. The molecule has 0 spiro atoms. The molecule has 0 N–H and O–H groups in total. The minimum atomic E-state index is 0.757. The maximum Gasteiger partial charge on any atom is 0.0648 e. The molecule has 2 nitrogen and oxygen atoms in total. The molecule has 84 valence electrons. The predicted octanol–water partition coefficient (Wildman–Crippen LogP) is 3.17. The summed E-state index contributed by atoms with van der Waals surface area (Å²) in [6, 6.07) is 8.28. The Morgan fingerprint density at radius 2 is 2.25 bits per heavy atom. The van der Waals surface area contributed by atoms with E-state index in [0.29, 0.717) is 0 Å². The first-order valence-electron chi connectivity index (χ1n) is 5.06. The fourth-order valence-electron chi connectivity index (χ4n) is 1.54. The zero-order valence-electron chi connectivity index (χ0n) is 9.13. The van der Waals surface area contributed by atoms with Crippen LogP contribution in [0.2, 0.25) is 0 Å². The number of thioether (sulfide) groups is 1. The van der Waals surface area contributed by atoms with Gasteiger partial charge in [0, 0.05) is 23.3 Å².